The fraction of sp³-hybridized carbons (Fsp3) is 0.350. The molecule has 2 aromatic heterocycles. The number of aryl methyl sites for hydroxylation is 3. The van der Waals surface area contributed by atoms with Gasteiger partial charge in [-0.2, -0.15) is 0 Å². The third-order valence-corrected chi connectivity index (χ3v) is 6.29. The van der Waals surface area contributed by atoms with E-state index in [9.17, 15) is 9.59 Å². The van der Waals surface area contributed by atoms with Crippen molar-refractivity contribution in [3.63, 3.8) is 0 Å². The molecule has 134 valence electrons. The van der Waals surface area contributed by atoms with Crippen molar-refractivity contribution in [2.24, 2.45) is 0 Å². The summed E-state index contributed by atoms with van der Waals surface area (Å²) in [6.45, 7) is 5.17. The van der Waals surface area contributed by atoms with Crippen LogP contribution in [-0.2, 0) is 19.5 Å². The van der Waals surface area contributed by atoms with E-state index in [0.29, 0.717) is 21.6 Å². The van der Waals surface area contributed by atoms with Gasteiger partial charge in [0, 0.05) is 26.6 Å². The summed E-state index contributed by atoms with van der Waals surface area (Å²) in [7, 11) is 1.80. The number of benzene rings is 1. The Kier molecular flexibility index (Phi) is 4.15. The number of aromatic nitrogens is 2. The van der Waals surface area contributed by atoms with Crippen LogP contribution in [-0.4, -0.2) is 27.4 Å². The van der Waals surface area contributed by atoms with Crippen molar-refractivity contribution in [1.82, 2.24) is 14.5 Å². The Morgan fingerprint density at radius 1 is 1.31 bits per heavy atom. The maximum absolute atomic E-state index is 13.0. The van der Waals surface area contributed by atoms with Crippen LogP contribution in [0.4, 0.5) is 0 Å². The Morgan fingerprint density at radius 3 is 2.85 bits per heavy atom. The molecule has 0 bridgehead atoms. The van der Waals surface area contributed by atoms with Gasteiger partial charge in [0.1, 0.15) is 10.7 Å². The first-order valence-electron chi connectivity index (χ1n) is 8.80. The van der Waals surface area contributed by atoms with E-state index in [4.69, 9.17) is 0 Å². The first-order valence-corrected chi connectivity index (χ1v) is 9.62. The summed E-state index contributed by atoms with van der Waals surface area (Å²) in [6, 6.07) is 8.06. The van der Waals surface area contributed by atoms with Crippen molar-refractivity contribution in [1.29, 1.82) is 0 Å². The number of hydrogen-bond donors (Lipinski definition) is 0. The van der Waals surface area contributed by atoms with Gasteiger partial charge in [0.25, 0.3) is 11.5 Å². The summed E-state index contributed by atoms with van der Waals surface area (Å²) in [5.74, 6) is 0.786. The molecule has 3 heterocycles. The van der Waals surface area contributed by atoms with Gasteiger partial charge in [-0.3, -0.25) is 14.2 Å². The molecule has 1 aliphatic heterocycles. The number of nitrogens with zero attached hydrogens (tertiary/aromatic N) is 3. The van der Waals surface area contributed by atoms with Gasteiger partial charge in [-0.05, 0) is 37.0 Å². The lowest BCUT2D eigenvalue weighted by Gasteiger charge is -2.18. The molecule has 0 radical (unpaired) electrons. The van der Waals surface area contributed by atoms with Crippen molar-refractivity contribution in [3.8, 4) is 0 Å². The molecular formula is C20H21N3O2S. The SMILES string of the molecule is Cc1ccccc1CN(C)C(=O)c1sc2nc3n(c(=O)c2c1C)CCC3. The average Bonchev–Trinajstić information content (AvgIpc) is 3.21. The van der Waals surface area contributed by atoms with Crippen LogP contribution >= 0.6 is 11.3 Å². The zero-order valence-electron chi connectivity index (χ0n) is 15.2. The van der Waals surface area contributed by atoms with Crippen molar-refractivity contribution in [2.75, 3.05) is 7.05 Å². The van der Waals surface area contributed by atoms with Gasteiger partial charge in [0.15, 0.2) is 0 Å². The van der Waals surface area contributed by atoms with E-state index in [0.717, 1.165) is 41.9 Å². The normalized spacial score (nSPS) is 13.2. The molecule has 0 aliphatic carbocycles. The Balaban J connectivity index is 1.71. The van der Waals surface area contributed by atoms with E-state index in [-0.39, 0.29) is 11.5 Å². The maximum atomic E-state index is 13.0. The summed E-state index contributed by atoms with van der Waals surface area (Å²) < 4.78 is 1.76. The minimum atomic E-state index is -0.0571. The molecule has 3 aromatic rings. The van der Waals surface area contributed by atoms with E-state index < -0.39 is 0 Å². The van der Waals surface area contributed by atoms with Crippen LogP contribution < -0.4 is 5.56 Å². The Hall–Kier alpha value is -2.47. The molecule has 1 amide bonds. The lowest BCUT2D eigenvalue weighted by atomic mass is 10.1. The Bertz CT molecular complexity index is 1080. The number of fused-ring (bicyclic) bond motifs is 2. The summed E-state index contributed by atoms with van der Waals surface area (Å²) in [4.78, 5) is 33.5. The Morgan fingerprint density at radius 2 is 2.08 bits per heavy atom. The smallest absolute Gasteiger partial charge is 0.264 e. The van der Waals surface area contributed by atoms with Gasteiger partial charge in [-0.25, -0.2) is 4.98 Å². The van der Waals surface area contributed by atoms with Crippen LogP contribution in [0.5, 0.6) is 0 Å². The molecule has 0 N–H and O–H groups in total. The number of carbonyl (C=O) groups is 1. The third kappa shape index (κ3) is 2.65. The molecule has 1 aliphatic rings. The van der Waals surface area contributed by atoms with E-state index in [2.05, 4.69) is 4.98 Å². The summed E-state index contributed by atoms with van der Waals surface area (Å²) in [6.07, 6.45) is 1.79. The van der Waals surface area contributed by atoms with Gasteiger partial charge in [0.2, 0.25) is 0 Å². The van der Waals surface area contributed by atoms with Gasteiger partial charge < -0.3 is 4.90 Å². The standard InChI is InChI=1S/C20H21N3O2S/c1-12-7-4-5-8-14(12)11-22(3)20(25)17-13(2)16-18(26-17)21-15-9-6-10-23(15)19(16)24/h4-5,7-8H,6,9-11H2,1-3H3. The molecule has 0 saturated heterocycles. The lowest BCUT2D eigenvalue weighted by Crippen LogP contribution is -2.26. The predicted octanol–water partition coefficient (Wildman–Crippen LogP) is 3.29. The quantitative estimate of drug-likeness (QED) is 0.714. The highest BCUT2D eigenvalue weighted by Crippen LogP contribution is 2.29. The fourth-order valence-corrected chi connectivity index (χ4v) is 4.75. The fourth-order valence-electron chi connectivity index (χ4n) is 3.57. The monoisotopic (exact) mass is 367 g/mol. The Labute approximate surface area is 155 Å². The molecule has 0 saturated carbocycles. The second-order valence-electron chi connectivity index (χ2n) is 6.91. The molecule has 26 heavy (non-hydrogen) atoms. The van der Waals surface area contributed by atoms with Gasteiger partial charge in [-0.1, -0.05) is 24.3 Å². The topological polar surface area (TPSA) is 55.2 Å². The second kappa shape index (κ2) is 6.36. The zero-order valence-corrected chi connectivity index (χ0v) is 16.0. The largest absolute Gasteiger partial charge is 0.337 e. The van der Waals surface area contributed by atoms with Gasteiger partial charge in [-0.15, -0.1) is 11.3 Å². The first kappa shape index (κ1) is 17.0. The molecule has 6 heteroatoms. The van der Waals surface area contributed by atoms with Crippen molar-refractivity contribution in [3.05, 3.63) is 62.0 Å². The second-order valence-corrected chi connectivity index (χ2v) is 7.91. The van der Waals surface area contributed by atoms with Crippen molar-refractivity contribution >= 4 is 27.5 Å². The molecule has 4 rings (SSSR count). The number of amides is 1. The van der Waals surface area contributed by atoms with Crippen LogP contribution in [0.25, 0.3) is 10.2 Å². The molecule has 0 fully saturated rings. The van der Waals surface area contributed by atoms with E-state index in [1.165, 1.54) is 11.3 Å². The molecule has 5 nitrogen and oxygen atoms in total. The summed E-state index contributed by atoms with van der Waals surface area (Å²) in [5, 5.41) is 0.605. The molecule has 0 spiro atoms. The average molecular weight is 367 g/mol. The predicted molar refractivity (Wildman–Crippen MR) is 104 cm³/mol. The van der Waals surface area contributed by atoms with Gasteiger partial charge in [0.05, 0.1) is 10.3 Å². The number of hydrogen-bond acceptors (Lipinski definition) is 4. The van der Waals surface area contributed by atoms with Crippen LogP contribution in [0.15, 0.2) is 29.1 Å². The first-order chi connectivity index (χ1) is 12.5. The minimum Gasteiger partial charge on any atom is -0.337 e. The number of rotatable bonds is 3. The zero-order chi connectivity index (χ0) is 18.4. The minimum absolute atomic E-state index is 0.00291. The lowest BCUT2D eigenvalue weighted by molar-refractivity contribution is 0.0789. The molecular weight excluding hydrogens is 346 g/mol. The highest BCUT2D eigenvalue weighted by Gasteiger charge is 2.24. The van der Waals surface area contributed by atoms with Crippen LogP contribution in [0.1, 0.15) is 38.6 Å². The maximum Gasteiger partial charge on any atom is 0.264 e. The van der Waals surface area contributed by atoms with Crippen molar-refractivity contribution < 1.29 is 4.79 Å². The highest BCUT2D eigenvalue weighted by atomic mass is 32.1. The highest BCUT2D eigenvalue weighted by molar-refractivity contribution is 7.20. The number of thiophene rings is 1. The van der Waals surface area contributed by atoms with Crippen molar-refractivity contribution in [2.45, 2.75) is 39.8 Å². The van der Waals surface area contributed by atoms with Crippen LogP contribution in [0.3, 0.4) is 0 Å². The van der Waals surface area contributed by atoms with E-state index in [1.54, 1.807) is 16.5 Å². The number of carbonyl (C=O) groups excluding carboxylic acids is 1. The van der Waals surface area contributed by atoms with E-state index >= 15 is 0 Å². The van der Waals surface area contributed by atoms with Crippen LogP contribution in [0, 0.1) is 13.8 Å². The summed E-state index contributed by atoms with van der Waals surface area (Å²) in [5.41, 5.74) is 3.04. The molecule has 0 atom stereocenters. The third-order valence-electron chi connectivity index (χ3n) is 5.12. The molecule has 1 aromatic carbocycles. The van der Waals surface area contributed by atoms with E-state index in [1.807, 2.05) is 38.1 Å². The molecule has 0 unspecified atom stereocenters. The van der Waals surface area contributed by atoms with Gasteiger partial charge >= 0.3 is 0 Å². The van der Waals surface area contributed by atoms with Crippen LogP contribution in [0.2, 0.25) is 0 Å². The summed E-state index contributed by atoms with van der Waals surface area (Å²) >= 11 is 1.34.